The summed E-state index contributed by atoms with van der Waals surface area (Å²) in [5.41, 5.74) is -0.655. The lowest BCUT2D eigenvalue weighted by Gasteiger charge is -2.13. The van der Waals surface area contributed by atoms with Crippen LogP contribution in [0.25, 0.3) is 0 Å². The first-order chi connectivity index (χ1) is 15.2. The van der Waals surface area contributed by atoms with Gasteiger partial charge in [0.15, 0.2) is 11.4 Å². The van der Waals surface area contributed by atoms with Crippen molar-refractivity contribution in [1.29, 1.82) is 0 Å². The van der Waals surface area contributed by atoms with Crippen LogP contribution in [0.2, 0.25) is 5.02 Å². The van der Waals surface area contributed by atoms with Crippen LogP contribution in [0.4, 0.5) is 29.3 Å². The molecule has 3 amide bonds. The van der Waals surface area contributed by atoms with Crippen molar-refractivity contribution in [2.75, 3.05) is 17.7 Å². The number of ether oxygens (including phenoxy) is 1. The molecule has 1 aromatic heterocycles. The second kappa shape index (κ2) is 9.56. The molecule has 0 aliphatic carbocycles. The highest BCUT2D eigenvalue weighted by Gasteiger charge is 2.33. The molecule has 0 atom stereocenters. The van der Waals surface area contributed by atoms with E-state index >= 15 is 0 Å². The molecule has 7 nitrogen and oxygen atoms in total. The van der Waals surface area contributed by atoms with Crippen molar-refractivity contribution >= 4 is 34.9 Å². The molecule has 0 aliphatic heterocycles. The van der Waals surface area contributed by atoms with Crippen LogP contribution < -0.4 is 20.7 Å². The number of hydrogen-bond donors (Lipinski definition) is 3. The quantitative estimate of drug-likeness (QED) is 0.461. The molecule has 0 aliphatic rings. The first-order valence-corrected chi connectivity index (χ1v) is 9.45. The Morgan fingerprint density at radius 2 is 1.66 bits per heavy atom. The Bertz CT molecular complexity index is 1140. The van der Waals surface area contributed by atoms with Crippen molar-refractivity contribution in [3.8, 4) is 11.5 Å². The highest BCUT2D eigenvalue weighted by Crippen LogP contribution is 2.36. The Labute approximate surface area is 185 Å². The van der Waals surface area contributed by atoms with Gasteiger partial charge in [-0.2, -0.15) is 13.2 Å². The second-order valence-electron chi connectivity index (χ2n) is 6.33. The minimum Gasteiger partial charge on any atom is -0.455 e. The number of amides is 3. The summed E-state index contributed by atoms with van der Waals surface area (Å²) in [5, 5.41) is 6.82. The fourth-order valence-electron chi connectivity index (χ4n) is 2.61. The third kappa shape index (κ3) is 5.67. The lowest BCUT2D eigenvalue weighted by molar-refractivity contribution is -0.137. The lowest BCUT2D eigenvalue weighted by atomic mass is 10.2. The number of nitrogens with zero attached hydrogens (tertiary/aromatic N) is 1. The van der Waals surface area contributed by atoms with E-state index in [1.807, 2.05) is 0 Å². The van der Waals surface area contributed by atoms with E-state index in [0.717, 1.165) is 12.1 Å². The van der Waals surface area contributed by atoms with Crippen molar-refractivity contribution in [3.05, 3.63) is 77.1 Å². The van der Waals surface area contributed by atoms with E-state index in [9.17, 15) is 22.8 Å². The Morgan fingerprint density at radius 1 is 1.00 bits per heavy atom. The van der Waals surface area contributed by atoms with Gasteiger partial charge < -0.3 is 20.7 Å². The van der Waals surface area contributed by atoms with Crippen molar-refractivity contribution in [3.63, 3.8) is 0 Å². The van der Waals surface area contributed by atoms with Crippen molar-refractivity contribution in [2.24, 2.45) is 0 Å². The van der Waals surface area contributed by atoms with Gasteiger partial charge in [-0.05, 0) is 54.6 Å². The molecular weight excluding hydrogens is 449 g/mol. The zero-order valence-corrected chi connectivity index (χ0v) is 17.2. The van der Waals surface area contributed by atoms with Gasteiger partial charge in [0.1, 0.15) is 5.75 Å². The number of hydrogen-bond acceptors (Lipinski definition) is 4. The molecule has 0 bridgehead atoms. The topological polar surface area (TPSA) is 92.3 Å². The van der Waals surface area contributed by atoms with E-state index in [0.29, 0.717) is 11.4 Å². The molecular formula is C21H16ClF3N4O3. The van der Waals surface area contributed by atoms with Gasteiger partial charge in [-0.15, -0.1) is 0 Å². The maximum Gasteiger partial charge on any atom is 0.417 e. The van der Waals surface area contributed by atoms with Gasteiger partial charge in [-0.3, -0.25) is 4.79 Å². The fourth-order valence-corrected chi connectivity index (χ4v) is 2.83. The zero-order valence-electron chi connectivity index (χ0n) is 16.5. The average Bonchev–Trinajstić information content (AvgIpc) is 2.75. The number of pyridine rings is 1. The molecule has 2 aromatic carbocycles. The van der Waals surface area contributed by atoms with E-state index in [4.69, 9.17) is 16.3 Å². The zero-order chi connectivity index (χ0) is 23.3. The molecule has 3 rings (SSSR count). The normalized spacial score (nSPS) is 10.9. The summed E-state index contributed by atoms with van der Waals surface area (Å²) in [6.07, 6.45) is -3.19. The monoisotopic (exact) mass is 464 g/mol. The molecule has 0 unspecified atom stereocenters. The molecule has 0 spiro atoms. The number of benzene rings is 2. The number of halogens is 4. The number of rotatable bonds is 5. The SMILES string of the molecule is CNC(=O)c1ncccc1Oc1ccc(NC(=O)Nc2ccc(Cl)c(C(F)(F)F)c2)cc1. The highest BCUT2D eigenvalue weighted by molar-refractivity contribution is 6.31. The van der Waals surface area contributed by atoms with Gasteiger partial charge in [-0.25, -0.2) is 9.78 Å². The maximum atomic E-state index is 12.9. The van der Waals surface area contributed by atoms with Gasteiger partial charge in [0.25, 0.3) is 5.91 Å². The summed E-state index contributed by atoms with van der Waals surface area (Å²) in [7, 11) is 1.47. The Balaban J connectivity index is 1.65. The van der Waals surface area contributed by atoms with E-state index < -0.39 is 28.7 Å². The summed E-state index contributed by atoms with van der Waals surface area (Å²) in [4.78, 5) is 28.0. The molecule has 32 heavy (non-hydrogen) atoms. The molecule has 0 fully saturated rings. The number of carbonyl (C=O) groups excluding carboxylic acids is 2. The van der Waals surface area contributed by atoms with Crippen LogP contribution in [0.1, 0.15) is 16.1 Å². The third-order valence-corrected chi connectivity index (χ3v) is 4.41. The highest BCUT2D eigenvalue weighted by atomic mass is 35.5. The molecule has 3 N–H and O–H groups in total. The molecule has 0 saturated heterocycles. The van der Waals surface area contributed by atoms with E-state index in [2.05, 4.69) is 20.9 Å². The third-order valence-electron chi connectivity index (χ3n) is 4.08. The van der Waals surface area contributed by atoms with E-state index in [-0.39, 0.29) is 17.1 Å². The molecule has 3 aromatic rings. The van der Waals surface area contributed by atoms with Crippen molar-refractivity contribution < 1.29 is 27.5 Å². The standard InChI is InChI=1S/C21H16ClF3N4O3/c1-26-19(30)18-17(3-2-10-27-18)32-14-7-4-12(5-8-14)28-20(31)29-13-6-9-16(22)15(11-13)21(23,24)25/h2-11H,1H3,(H,26,30)(H2,28,29,31). The van der Waals surface area contributed by atoms with Crippen LogP contribution in [0.3, 0.4) is 0 Å². The van der Waals surface area contributed by atoms with E-state index in [1.165, 1.54) is 31.4 Å². The van der Waals surface area contributed by atoms with Gasteiger partial charge in [0.05, 0.1) is 10.6 Å². The Kier molecular flexibility index (Phi) is 6.84. The minimum atomic E-state index is -4.65. The number of carbonyl (C=O) groups is 2. The largest absolute Gasteiger partial charge is 0.455 e. The summed E-state index contributed by atoms with van der Waals surface area (Å²) in [6, 6.07) is 11.6. The van der Waals surface area contributed by atoms with Crippen molar-refractivity contribution in [2.45, 2.75) is 6.18 Å². The van der Waals surface area contributed by atoms with Crippen LogP contribution in [0, 0.1) is 0 Å². The second-order valence-corrected chi connectivity index (χ2v) is 6.73. The van der Waals surface area contributed by atoms with Crippen LogP contribution in [-0.4, -0.2) is 24.0 Å². The predicted octanol–water partition coefficient (Wildman–Crippen LogP) is 5.55. The van der Waals surface area contributed by atoms with Crippen LogP contribution in [0.5, 0.6) is 11.5 Å². The smallest absolute Gasteiger partial charge is 0.417 e. The first kappa shape index (κ1) is 22.9. The number of aromatic nitrogens is 1. The fraction of sp³-hybridized carbons (Fsp3) is 0.0952. The predicted molar refractivity (Wildman–Crippen MR) is 113 cm³/mol. The van der Waals surface area contributed by atoms with Gasteiger partial charge >= 0.3 is 12.2 Å². The molecule has 1 heterocycles. The maximum absolute atomic E-state index is 12.9. The summed E-state index contributed by atoms with van der Waals surface area (Å²) < 4.78 is 44.5. The lowest BCUT2D eigenvalue weighted by Crippen LogP contribution is -2.20. The van der Waals surface area contributed by atoms with Crippen LogP contribution in [0.15, 0.2) is 60.8 Å². The average molecular weight is 465 g/mol. The van der Waals surface area contributed by atoms with Gasteiger partial charge in [-0.1, -0.05) is 11.6 Å². The molecule has 0 radical (unpaired) electrons. The number of anilines is 2. The van der Waals surface area contributed by atoms with Gasteiger partial charge in [0.2, 0.25) is 0 Å². The summed E-state index contributed by atoms with van der Waals surface area (Å²) >= 11 is 5.57. The summed E-state index contributed by atoms with van der Waals surface area (Å²) in [5.74, 6) is 0.210. The Morgan fingerprint density at radius 3 is 2.31 bits per heavy atom. The number of alkyl halides is 3. The summed E-state index contributed by atoms with van der Waals surface area (Å²) in [6.45, 7) is 0. The number of urea groups is 1. The van der Waals surface area contributed by atoms with Gasteiger partial charge in [0, 0.05) is 24.6 Å². The molecule has 11 heteroatoms. The van der Waals surface area contributed by atoms with Crippen LogP contribution in [-0.2, 0) is 6.18 Å². The van der Waals surface area contributed by atoms with Crippen LogP contribution >= 0.6 is 11.6 Å². The van der Waals surface area contributed by atoms with Crippen molar-refractivity contribution in [1.82, 2.24) is 10.3 Å². The first-order valence-electron chi connectivity index (χ1n) is 9.07. The van der Waals surface area contributed by atoms with E-state index in [1.54, 1.807) is 24.3 Å². The molecule has 166 valence electrons. The molecule has 0 saturated carbocycles. The number of nitrogens with one attached hydrogen (secondary N) is 3. The Hall–Kier alpha value is -3.79. The minimum absolute atomic E-state index is 0.0718.